The molecule has 1 unspecified atom stereocenters. The van der Waals surface area contributed by atoms with Crippen LogP contribution in [0.2, 0.25) is 0 Å². The largest absolute Gasteiger partial charge is 0.303 e. The van der Waals surface area contributed by atoms with Gasteiger partial charge in [-0.1, -0.05) is 19.9 Å². The molecule has 0 aliphatic rings. The van der Waals surface area contributed by atoms with E-state index in [1.165, 1.54) is 0 Å². The van der Waals surface area contributed by atoms with E-state index in [0.717, 1.165) is 12.0 Å². The van der Waals surface area contributed by atoms with E-state index in [0.29, 0.717) is 5.92 Å². The highest BCUT2D eigenvalue weighted by Gasteiger charge is 2.14. The predicted molar refractivity (Wildman–Crippen MR) is 47.9 cm³/mol. The zero-order valence-corrected chi connectivity index (χ0v) is 7.40. The third kappa shape index (κ3) is 1.91. The number of hydrogen-bond acceptors (Lipinski definition) is 2. The number of aldehydes is 1. The van der Waals surface area contributed by atoms with Crippen LogP contribution in [0.5, 0.6) is 0 Å². The SMILES string of the molecule is CC(C)C(C=O)c1ccccn1. The summed E-state index contributed by atoms with van der Waals surface area (Å²) in [4.78, 5) is 14.8. The maximum atomic E-state index is 10.7. The van der Waals surface area contributed by atoms with Gasteiger partial charge in [0.15, 0.2) is 0 Å². The van der Waals surface area contributed by atoms with Gasteiger partial charge in [0.05, 0.1) is 11.6 Å². The minimum absolute atomic E-state index is 0.0637. The van der Waals surface area contributed by atoms with Gasteiger partial charge in [0.2, 0.25) is 0 Å². The Morgan fingerprint density at radius 1 is 1.42 bits per heavy atom. The van der Waals surface area contributed by atoms with Gasteiger partial charge in [0.25, 0.3) is 0 Å². The molecule has 0 saturated heterocycles. The standard InChI is InChI=1S/C10H13NO/c1-8(2)9(7-12)10-5-3-4-6-11-10/h3-9H,1-2H3. The quantitative estimate of drug-likeness (QED) is 0.638. The molecule has 0 saturated carbocycles. The molecule has 0 aromatic carbocycles. The molecule has 1 aromatic heterocycles. The first kappa shape index (κ1) is 8.91. The minimum Gasteiger partial charge on any atom is -0.303 e. The van der Waals surface area contributed by atoms with Crippen LogP contribution in [0.3, 0.4) is 0 Å². The normalized spacial score (nSPS) is 12.9. The van der Waals surface area contributed by atoms with Crippen molar-refractivity contribution < 1.29 is 4.79 Å². The Balaban J connectivity index is 2.88. The van der Waals surface area contributed by atoms with E-state index in [9.17, 15) is 4.79 Å². The van der Waals surface area contributed by atoms with Crippen molar-refractivity contribution in [2.45, 2.75) is 19.8 Å². The van der Waals surface area contributed by atoms with Crippen molar-refractivity contribution in [2.75, 3.05) is 0 Å². The smallest absolute Gasteiger partial charge is 0.129 e. The molecule has 1 atom stereocenters. The van der Waals surface area contributed by atoms with E-state index in [1.54, 1.807) is 6.20 Å². The minimum atomic E-state index is -0.0637. The first-order chi connectivity index (χ1) is 5.75. The van der Waals surface area contributed by atoms with Crippen molar-refractivity contribution in [1.82, 2.24) is 4.98 Å². The van der Waals surface area contributed by atoms with Crippen LogP contribution in [0.1, 0.15) is 25.5 Å². The Kier molecular flexibility index (Phi) is 2.97. The second kappa shape index (κ2) is 4.00. The van der Waals surface area contributed by atoms with E-state index in [-0.39, 0.29) is 5.92 Å². The molecule has 0 aliphatic carbocycles. The van der Waals surface area contributed by atoms with Gasteiger partial charge >= 0.3 is 0 Å². The second-order valence-electron chi connectivity index (χ2n) is 3.16. The molecule has 64 valence electrons. The lowest BCUT2D eigenvalue weighted by atomic mass is 9.94. The third-order valence-corrected chi connectivity index (χ3v) is 1.89. The van der Waals surface area contributed by atoms with Crippen molar-refractivity contribution in [2.24, 2.45) is 5.92 Å². The molecule has 0 bridgehead atoms. The molecular weight excluding hydrogens is 150 g/mol. The zero-order chi connectivity index (χ0) is 8.97. The number of carbonyl (C=O) groups is 1. The molecule has 0 N–H and O–H groups in total. The lowest BCUT2D eigenvalue weighted by molar-refractivity contribution is -0.109. The van der Waals surface area contributed by atoms with Crippen molar-refractivity contribution in [3.8, 4) is 0 Å². The Labute approximate surface area is 72.6 Å². The van der Waals surface area contributed by atoms with Crippen LogP contribution >= 0.6 is 0 Å². The van der Waals surface area contributed by atoms with Crippen molar-refractivity contribution in [3.63, 3.8) is 0 Å². The highest BCUT2D eigenvalue weighted by Crippen LogP contribution is 2.19. The summed E-state index contributed by atoms with van der Waals surface area (Å²) >= 11 is 0. The first-order valence-electron chi connectivity index (χ1n) is 4.12. The number of aromatic nitrogens is 1. The Hall–Kier alpha value is -1.18. The molecule has 0 radical (unpaired) electrons. The summed E-state index contributed by atoms with van der Waals surface area (Å²) in [5.41, 5.74) is 0.863. The highest BCUT2D eigenvalue weighted by atomic mass is 16.1. The molecule has 2 nitrogen and oxygen atoms in total. The fraction of sp³-hybridized carbons (Fsp3) is 0.400. The van der Waals surface area contributed by atoms with Crippen LogP contribution < -0.4 is 0 Å². The maximum absolute atomic E-state index is 10.7. The molecule has 1 rings (SSSR count). The fourth-order valence-electron chi connectivity index (χ4n) is 1.14. The molecule has 1 aromatic rings. The monoisotopic (exact) mass is 163 g/mol. The van der Waals surface area contributed by atoms with Crippen molar-refractivity contribution in [3.05, 3.63) is 30.1 Å². The van der Waals surface area contributed by atoms with Crippen molar-refractivity contribution in [1.29, 1.82) is 0 Å². The molecule has 0 fully saturated rings. The molecule has 1 heterocycles. The molecule has 0 aliphatic heterocycles. The lowest BCUT2D eigenvalue weighted by Gasteiger charge is -2.12. The van der Waals surface area contributed by atoms with Gasteiger partial charge in [0, 0.05) is 6.20 Å². The fourth-order valence-corrected chi connectivity index (χ4v) is 1.14. The van der Waals surface area contributed by atoms with Gasteiger partial charge in [-0.15, -0.1) is 0 Å². The first-order valence-corrected chi connectivity index (χ1v) is 4.12. The van der Waals surface area contributed by atoms with Crippen LogP contribution in [0.4, 0.5) is 0 Å². The number of rotatable bonds is 3. The number of carbonyl (C=O) groups excluding carboxylic acids is 1. The predicted octanol–water partition coefficient (Wildman–Crippen LogP) is 2.02. The number of pyridine rings is 1. The van der Waals surface area contributed by atoms with Gasteiger partial charge in [0.1, 0.15) is 6.29 Å². The summed E-state index contributed by atoms with van der Waals surface area (Å²) in [7, 11) is 0. The summed E-state index contributed by atoms with van der Waals surface area (Å²) < 4.78 is 0. The van der Waals surface area contributed by atoms with E-state index in [2.05, 4.69) is 4.98 Å². The van der Waals surface area contributed by atoms with Crippen LogP contribution in [0, 0.1) is 5.92 Å². The van der Waals surface area contributed by atoms with Gasteiger partial charge in [-0.3, -0.25) is 4.98 Å². The maximum Gasteiger partial charge on any atom is 0.129 e. The number of nitrogens with zero attached hydrogens (tertiary/aromatic N) is 1. The average molecular weight is 163 g/mol. The molecule has 12 heavy (non-hydrogen) atoms. The Morgan fingerprint density at radius 2 is 2.17 bits per heavy atom. The topological polar surface area (TPSA) is 30.0 Å². The molecule has 0 spiro atoms. The second-order valence-corrected chi connectivity index (χ2v) is 3.16. The lowest BCUT2D eigenvalue weighted by Crippen LogP contribution is -2.09. The third-order valence-electron chi connectivity index (χ3n) is 1.89. The summed E-state index contributed by atoms with van der Waals surface area (Å²) in [6.45, 7) is 4.04. The summed E-state index contributed by atoms with van der Waals surface area (Å²) in [5, 5.41) is 0. The van der Waals surface area contributed by atoms with Gasteiger partial charge < -0.3 is 4.79 Å². The molecule has 2 heteroatoms. The van der Waals surface area contributed by atoms with Gasteiger partial charge in [-0.25, -0.2) is 0 Å². The Bertz CT molecular complexity index is 243. The van der Waals surface area contributed by atoms with E-state index in [4.69, 9.17) is 0 Å². The average Bonchev–Trinajstić information content (AvgIpc) is 2.07. The van der Waals surface area contributed by atoms with Crippen LogP contribution in [0.25, 0.3) is 0 Å². The summed E-state index contributed by atoms with van der Waals surface area (Å²) in [6, 6.07) is 5.64. The van der Waals surface area contributed by atoms with Crippen LogP contribution in [0.15, 0.2) is 24.4 Å². The van der Waals surface area contributed by atoms with Gasteiger partial charge in [-0.2, -0.15) is 0 Å². The van der Waals surface area contributed by atoms with E-state index in [1.807, 2.05) is 32.0 Å². The summed E-state index contributed by atoms with van der Waals surface area (Å²) in [5.74, 6) is 0.253. The highest BCUT2D eigenvalue weighted by molar-refractivity contribution is 5.61. The van der Waals surface area contributed by atoms with Crippen molar-refractivity contribution >= 4 is 6.29 Å². The van der Waals surface area contributed by atoms with E-state index >= 15 is 0 Å². The summed E-state index contributed by atoms with van der Waals surface area (Å²) in [6.07, 6.45) is 2.68. The van der Waals surface area contributed by atoms with Crippen LogP contribution in [-0.4, -0.2) is 11.3 Å². The zero-order valence-electron chi connectivity index (χ0n) is 7.40. The van der Waals surface area contributed by atoms with Gasteiger partial charge in [-0.05, 0) is 18.1 Å². The van der Waals surface area contributed by atoms with E-state index < -0.39 is 0 Å². The number of hydrogen-bond donors (Lipinski definition) is 0. The van der Waals surface area contributed by atoms with Crippen LogP contribution in [-0.2, 0) is 4.79 Å². The molecule has 0 amide bonds. The molecular formula is C10H13NO. The Morgan fingerprint density at radius 3 is 2.58 bits per heavy atom.